The van der Waals surface area contributed by atoms with Gasteiger partial charge in [-0.15, -0.1) is 5.10 Å². The van der Waals surface area contributed by atoms with Crippen molar-refractivity contribution in [2.45, 2.75) is 19.9 Å². The first-order valence-corrected chi connectivity index (χ1v) is 6.87. The molecule has 0 saturated heterocycles. The molecule has 4 aromatic heterocycles. The zero-order chi connectivity index (χ0) is 16.1. The summed E-state index contributed by atoms with van der Waals surface area (Å²) >= 11 is 0. The molecule has 0 fully saturated rings. The van der Waals surface area contributed by atoms with Gasteiger partial charge in [0.05, 0.1) is 11.6 Å². The molecule has 10 heteroatoms. The molecule has 0 saturated carbocycles. The maximum atomic E-state index is 12.7. The Labute approximate surface area is 128 Å². The molecule has 0 aliphatic carbocycles. The van der Waals surface area contributed by atoms with Crippen LogP contribution in [0, 0.1) is 6.92 Å². The van der Waals surface area contributed by atoms with E-state index in [-0.39, 0.29) is 12.2 Å². The largest absolute Gasteiger partial charge is 0.282 e. The van der Waals surface area contributed by atoms with Crippen molar-refractivity contribution in [3.05, 3.63) is 35.8 Å². The summed E-state index contributed by atoms with van der Waals surface area (Å²) in [4.78, 5) is 8.73. The second kappa shape index (κ2) is 4.80. The van der Waals surface area contributed by atoms with Crippen LogP contribution in [0.1, 0.15) is 23.6 Å². The highest BCUT2D eigenvalue weighted by Crippen LogP contribution is 2.19. The van der Waals surface area contributed by atoms with Gasteiger partial charge in [-0.3, -0.25) is 9.36 Å². The van der Waals surface area contributed by atoms with Crippen molar-refractivity contribution in [3.8, 4) is 0 Å². The van der Waals surface area contributed by atoms with Crippen LogP contribution < -0.4 is 0 Å². The summed E-state index contributed by atoms with van der Waals surface area (Å²) in [5.74, 6) is 0.468. The molecule has 118 valence electrons. The normalized spacial score (nSPS) is 12.0. The van der Waals surface area contributed by atoms with Crippen LogP contribution in [0.25, 0.3) is 16.7 Å². The number of hydrogen-bond donors (Lipinski definition) is 0. The van der Waals surface area contributed by atoms with E-state index in [0.717, 1.165) is 5.39 Å². The van der Waals surface area contributed by atoms with E-state index < -0.39 is 6.43 Å². The van der Waals surface area contributed by atoms with E-state index in [4.69, 9.17) is 0 Å². The number of aromatic nitrogens is 8. The molecule has 8 nitrogen and oxygen atoms in total. The summed E-state index contributed by atoms with van der Waals surface area (Å²) in [6, 6.07) is 1.36. The van der Waals surface area contributed by atoms with Crippen LogP contribution in [-0.4, -0.2) is 39.1 Å². The summed E-state index contributed by atoms with van der Waals surface area (Å²) in [6.07, 6.45) is 0.629. The minimum atomic E-state index is -2.59. The molecule has 0 aliphatic rings. The lowest BCUT2D eigenvalue weighted by molar-refractivity contribution is 0.145. The lowest BCUT2D eigenvalue weighted by atomic mass is 10.4. The maximum Gasteiger partial charge on any atom is 0.282 e. The number of alkyl halides is 2. The summed E-state index contributed by atoms with van der Waals surface area (Å²) in [5, 5.41) is 13.1. The summed E-state index contributed by atoms with van der Waals surface area (Å²) < 4.78 is 30.1. The molecule has 0 amide bonds. The molecular formula is C13H12F2N8. The Kier molecular flexibility index (Phi) is 2.86. The lowest BCUT2D eigenvalue weighted by Gasteiger charge is -1.99. The van der Waals surface area contributed by atoms with Gasteiger partial charge < -0.3 is 0 Å². The van der Waals surface area contributed by atoms with Crippen LogP contribution >= 0.6 is 0 Å². The van der Waals surface area contributed by atoms with Crippen molar-refractivity contribution in [1.29, 1.82) is 0 Å². The Balaban J connectivity index is 1.76. The molecule has 0 bridgehead atoms. The number of fused-ring (bicyclic) bond motifs is 3. The molecule has 0 spiro atoms. The molecule has 0 aromatic carbocycles. The zero-order valence-electron chi connectivity index (χ0n) is 12.4. The first kappa shape index (κ1) is 13.7. The van der Waals surface area contributed by atoms with Crippen molar-refractivity contribution in [3.63, 3.8) is 0 Å². The Morgan fingerprint density at radius 3 is 2.78 bits per heavy atom. The van der Waals surface area contributed by atoms with Crippen LogP contribution in [0.5, 0.6) is 0 Å². The average Bonchev–Trinajstić information content (AvgIpc) is 3.17. The Bertz CT molecular complexity index is 1010. The molecule has 0 radical (unpaired) electrons. The molecule has 0 aliphatic heterocycles. The highest BCUT2D eigenvalue weighted by Gasteiger charge is 2.16. The minimum absolute atomic E-state index is 0.210. The van der Waals surface area contributed by atoms with Crippen LogP contribution in [0.15, 0.2) is 18.6 Å². The first-order chi connectivity index (χ1) is 11.0. The predicted molar refractivity (Wildman–Crippen MR) is 76.1 cm³/mol. The van der Waals surface area contributed by atoms with Gasteiger partial charge in [0.1, 0.15) is 18.6 Å². The highest BCUT2D eigenvalue weighted by atomic mass is 19.3. The Morgan fingerprint density at radius 2 is 2.04 bits per heavy atom. The van der Waals surface area contributed by atoms with Gasteiger partial charge in [0.25, 0.3) is 6.43 Å². The molecular weight excluding hydrogens is 306 g/mol. The Morgan fingerprint density at radius 1 is 1.22 bits per heavy atom. The van der Waals surface area contributed by atoms with E-state index in [0.29, 0.717) is 22.8 Å². The summed E-state index contributed by atoms with van der Waals surface area (Å²) in [5.41, 5.74) is 1.70. The van der Waals surface area contributed by atoms with E-state index in [1.54, 1.807) is 35.7 Å². The molecule has 0 N–H and O–H groups in total. The van der Waals surface area contributed by atoms with Gasteiger partial charge >= 0.3 is 0 Å². The first-order valence-electron chi connectivity index (χ1n) is 6.87. The highest BCUT2D eigenvalue weighted by molar-refractivity contribution is 5.88. The van der Waals surface area contributed by atoms with E-state index in [1.165, 1.54) is 10.7 Å². The fourth-order valence-corrected chi connectivity index (χ4v) is 2.49. The summed E-state index contributed by atoms with van der Waals surface area (Å²) in [7, 11) is 1.79. The second-order valence-electron chi connectivity index (χ2n) is 5.22. The summed E-state index contributed by atoms with van der Waals surface area (Å²) in [6.45, 7) is 1.93. The van der Waals surface area contributed by atoms with Crippen molar-refractivity contribution in [1.82, 2.24) is 39.1 Å². The third-order valence-corrected chi connectivity index (χ3v) is 3.63. The smallest absolute Gasteiger partial charge is 0.262 e. The van der Waals surface area contributed by atoms with Gasteiger partial charge in [0.15, 0.2) is 17.1 Å². The van der Waals surface area contributed by atoms with Gasteiger partial charge in [-0.05, 0) is 13.0 Å². The third kappa shape index (κ3) is 2.14. The molecule has 4 rings (SSSR count). The van der Waals surface area contributed by atoms with E-state index in [2.05, 4.69) is 25.3 Å². The van der Waals surface area contributed by atoms with Crippen LogP contribution in [0.2, 0.25) is 0 Å². The molecule has 4 heterocycles. The molecule has 4 aromatic rings. The lowest BCUT2D eigenvalue weighted by Crippen LogP contribution is -2.06. The zero-order valence-corrected chi connectivity index (χ0v) is 12.4. The molecule has 23 heavy (non-hydrogen) atoms. The van der Waals surface area contributed by atoms with Crippen molar-refractivity contribution >= 4 is 16.7 Å². The van der Waals surface area contributed by atoms with Gasteiger partial charge in [-0.2, -0.15) is 10.2 Å². The topological polar surface area (TPSA) is 78.7 Å². The van der Waals surface area contributed by atoms with Gasteiger partial charge in [-0.25, -0.2) is 23.3 Å². The second-order valence-corrected chi connectivity index (χ2v) is 5.22. The molecule has 0 unspecified atom stereocenters. The average molecular weight is 318 g/mol. The van der Waals surface area contributed by atoms with Gasteiger partial charge in [0.2, 0.25) is 0 Å². The predicted octanol–water partition coefficient (Wildman–Crippen LogP) is 1.50. The van der Waals surface area contributed by atoms with Gasteiger partial charge in [-0.1, -0.05) is 0 Å². The van der Waals surface area contributed by atoms with Crippen LogP contribution in [0.3, 0.4) is 0 Å². The number of hydrogen-bond acceptors (Lipinski definition) is 5. The minimum Gasteiger partial charge on any atom is -0.262 e. The number of nitrogens with zero attached hydrogens (tertiary/aromatic N) is 8. The van der Waals surface area contributed by atoms with E-state index in [1.807, 2.05) is 0 Å². The van der Waals surface area contributed by atoms with E-state index >= 15 is 0 Å². The SMILES string of the molecule is Cc1cc(C(F)F)nn1Cc1nc2c3cnn(C)c3ncn2n1. The molecule has 0 atom stereocenters. The number of rotatable bonds is 3. The monoisotopic (exact) mass is 318 g/mol. The number of aryl methyl sites for hydroxylation is 2. The Hall–Kier alpha value is -2.91. The third-order valence-electron chi connectivity index (χ3n) is 3.63. The fourth-order valence-electron chi connectivity index (χ4n) is 2.49. The quantitative estimate of drug-likeness (QED) is 0.572. The maximum absolute atomic E-state index is 12.7. The van der Waals surface area contributed by atoms with Crippen LogP contribution in [-0.2, 0) is 13.6 Å². The number of halogens is 2. The fraction of sp³-hybridized carbons (Fsp3) is 0.308. The van der Waals surface area contributed by atoms with Crippen molar-refractivity contribution < 1.29 is 8.78 Å². The van der Waals surface area contributed by atoms with E-state index in [9.17, 15) is 8.78 Å². The van der Waals surface area contributed by atoms with Crippen LogP contribution in [0.4, 0.5) is 8.78 Å². The van der Waals surface area contributed by atoms with Gasteiger partial charge in [0, 0.05) is 12.7 Å². The van der Waals surface area contributed by atoms with Crippen molar-refractivity contribution in [2.75, 3.05) is 0 Å². The standard InChI is InChI=1S/C13H12F2N8/c1-7-3-9(11(14)15)19-22(7)5-10-18-13-8-4-17-21(2)12(8)16-6-23(13)20-10/h3-4,6,11H,5H2,1-2H3. The van der Waals surface area contributed by atoms with Crippen molar-refractivity contribution in [2.24, 2.45) is 7.05 Å².